The average molecular weight is 394 g/mol. The Morgan fingerprint density at radius 3 is 2.14 bits per heavy atom. The number of carbonyl (C=O) groups excluding carboxylic acids is 1. The Morgan fingerprint density at radius 1 is 0.931 bits per heavy atom. The first-order chi connectivity index (χ1) is 14.0. The maximum Gasteiger partial charge on any atom is 0.218 e. The van der Waals surface area contributed by atoms with E-state index in [1.165, 1.54) is 11.8 Å². The van der Waals surface area contributed by atoms with E-state index < -0.39 is 11.9 Å². The van der Waals surface area contributed by atoms with Gasteiger partial charge in [0, 0.05) is 36.8 Å². The van der Waals surface area contributed by atoms with E-state index in [1.807, 2.05) is 12.1 Å². The first kappa shape index (κ1) is 20.6. The lowest BCUT2D eigenvalue weighted by Crippen LogP contribution is -2.17. The number of Topliss-reactive ketones (excluding diaryl/α,β-unsaturated/α-hetero) is 1. The number of benzene rings is 2. The van der Waals surface area contributed by atoms with Crippen LogP contribution in [0.4, 0.5) is 14.5 Å². The monoisotopic (exact) mass is 394 g/mol. The summed E-state index contributed by atoms with van der Waals surface area (Å²) in [5.41, 5.74) is 4.09. The normalized spacial score (nSPS) is 10.8. The molecule has 0 bridgehead atoms. The second-order valence-corrected chi connectivity index (χ2v) is 7.05. The number of hydrogen-bond donors (Lipinski definition) is 0. The summed E-state index contributed by atoms with van der Waals surface area (Å²) in [5.74, 6) is -1.81. The third kappa shape index (κ3) is 5.25. The Balaban J connectivity index is 1.64. The van der Waals surface area contributed by atoms with Gasteiger partial charge >= 0.3 is 0 Å². The Kier molecular flexibility index (Phi) is 6.70. The minimum Gasteiger partial charge on any atom is -0.375 e. The van der Waals surface area contributed by atoms with Gasteiger partial charge in [0.15, 0.2) is 5.78 Å². The number of pyridine rings is 1. The molecule has 29 heavy (non-hydrogen) atoms. The molecule has 0 saturated heterocycles. The van der Waals surface area contributed by atoms with Crippen LogP contribution < -0.4 is 4.90 Å². The maximum atomic E-state index is 13.6. The molecule has 3 nitrogen and oxygen atoms in total. The number of rotatable bonds is 8. The van der Waals surface area contributed by atoms with Crippen LogP contribution in [0.5, 0.6) is 0 Å². The first-order valence-corrected chi connectivity index (χ1v) is 9.73. The third-order valence-corrected chi connectivity index (χ3v) is 4.92. The van der Waals surface area contributed by atoms with E-state index in [0.29, 0.717) is 5.56 Å². The minimum atomic E-state index is -0.863. The molecule has 3 aromatic rings. The number of hydrogen-bond acceptors (Lipinski definition) is 3. The van der Waals surface area contributed by atoms with Gasteiger partial charge in [-0.1, -0.05) is 43.3 Å². The number of anilines is 1. The lowest BCUT2D eigenvalue weighted by Gasteiger charge is -2.18. The van der Waals surface area contributed by atoms with E-state index in [2.05, 4.69) is 48.1 Å². The van der Waals surface area contributed by atoms with Crippen molar-refractivity contribution in [3.8, 4) is 11.1 Å². The number of halogens is 2. The molecule has 1 heterocycles. The largest absolute Gasteiger partial charge is 0.375 e. The van der Waals surface area contributed by atoms with E-state index in [9.17, 15) is 13.6 Å². The molecule has 0 atom stereocenters. The number of aryl methyl sites for hydroxylation is 1. The molecular formula is C24H24F2N2O. The van der Waals surface area contributed by atoms with Crippen LogP contribution >= 0.6 is 0 Å². The van der Waals surface area contributed by atoms with Crippen molar-refractivity contribution in [3.05, 3.63) is 83.7 Å². The number of aromatic nitrogens is 1. The average Bonchev–Trinajstić information content (AvgIpc) is 2.73. The van der Waals surface area contributed by atoms with Crippen LogP contribution in [-0.2, 0) is 6.42 Å². The summed E-state index contributed by atoms with van der Waals surface area (Å²) in [4.78, 5) is 17.8. The van der Waals surface area contributed by atoms with Gasteiger partial charge in [0.05, 0.1) is 0 Å². The van der Waals surface area contributed by atoms with Crippen molar-refractivity contribution in [2.45, 2.75) is 26.2 Å². The van der Waals surface area contributed by atoms with Gasteiger partial charge in [-0.25, -0.2) is 0 Å². The molecule has 5 heteroatoms. The summed E-state index contributed by atoms with van der Waals surface area (Å²) in [6, 6.07) is 18.2. The standard InChI is InChI=1S/C24H24F2N2O/c1-3-16-28(2)21-12-8-18(9-13-21)17-4-6-19(7-5-17)22(29)14-10-20-11-15-23(25)27-24(20)26/h4-9,11-13,15H,3,10,14,16H2,1-2H3. The summed E-state index contributed by atoms with van der Waals surface area (Å²) in [6.45, 7) is 3.16. The molecule has 0 unspecified atom stereocenters. The molecule has 0 aliphatic heterocycles. The predicted octanol–water partition coefficient (Wildman–Crippen LogP) is 5.69. The topological polar surface area (TPSA) is 33.2 Å². The molecule has 2 aromatic carbocycles. The predicted molar refractivity (Wildman–Crippen MR) is 112 cm³/mol. The molecule has 3 rings (SSSR count). The highest BCUT2D eigenvalue weighted by Gasteiger charge is 2.11. The molecule has 1 aromatic heterocycles. The first-order valence-electron chi connectivity index (χ1n) is 9.73. The van der Waals surface area contributed by atoms with E-state index in [1.54, 1.807) is 12.1 Å². The molecule has 150 valence electrons. The van der Waals surface area contributed by atoms with Gasteiger partial charge in [-0.15, -0.1) is 0 Å². The van der Waals surface area contributed by atoms with Gasteiger partial charge in [0.1, 0.15) is 0 Å². The van der Waals surface area contributed by atoms with Gasteiger partial charge in [-0.3, -0.25) is 4.79 Å². The van der Waals surface area contributed by atoms with E-state index in [4.69, 9.17) is 0 Å². The Bertz CT molecular complexity index is 969. The van der Waals surface area contributed by atoms with Gasteiger partial charge in [-0.05, 0) is 48.2 Å². The van der Waals surface area contributed by atoms with Crippen molar-refractivity contribution in [2.75, 3.05) is 18.5 Å². The summed E-state index contributed by atoms with van der Waals surface area (Å²) >= 11 is 0. The number of carbonyl (C=O) groups is 1. The van der Waals surface area contributed by atoms with Gasteiger partial charge in [0.2, 0.25) is 11.9 Å². The Morgan fingerprint density at radius 2 is 1.55 bits per heavy atom. The van der Waals surface area contributed by atoms with Crippen molar-refractivity contribution in [1.82, 2.24) is 4.98 Å². The van der Waals surface area contributed by atoms with Crippen LogP contribution in [0.3, 0.4) is 0 Å². The van der Waals surface area contributed by atoms with Crippen molar-refractivity contribution in [2.24, 2.45) is 0 Å². The fraction of sp³-hybridized carbons (Fsp3) is 0.250. The molecular weight excluding hydrogens is 370 g/mol. The highest BCUT2D eigenvalue weighted by Crippen LogP contribution is 2.24. The van der Waals surface area contributed by atoms with Crippen molar-refractivity contribution >= 4 is 11.5 Å². The quantitative estimate of drug-likeness (QED) is 0.364. The van der Waals surface area contributed by atoms with Gasteiger partial charge < -0.3 is 4.90 Å². The fourth-order valence-corrected chi connectivity index (χ4v) is 3.24. The second-order valence-electron chi connectivity index (χ2n) is 7.05. The van der Waals surface area contributed by atoms with Gasteiger partial charge in [0.25, 0.3) is 0 Å². The summed E-state index contributed by atoms with van der Waals surface area (Å²) in [7, 11) is 2.08. The second kappa shape index (κ2) is 9.41. The minimum absolute atomic E-state index is 0.0863. The van der Waals surface area contributed by atoms with Crippen molar-refractivity contribution in [1.29, 1.82) is 0 Å². The molecule has 0 amide bonds. The highest BCUT2D eigenvalue weighted by atomic mass is 19.1. The van der Waals surface area contributed by atoms with Crippen molar-refractivity contribution < 1.29 is 13.6 Å². The van der Waals surface area contributed by atoms with Crippen LogP contribution in [0.15, 0.2) is 60.7 Å². The van der Waals surface area contributed by atoms with Crippen molar-refractivity contribution in [3.63, 3.8) is 0 Å². The highest BCUT2D eigenvalue weighted by molar-refractivity contribution is 5.96. The molecule has 0 radical (unpaired) electrons. The fourth-order valence-electron chi connectivity index (χ4n) is 3.24. The van der Waals surface area contributed by atoms with E-state index in [-0.39, 0.29) is 24.2 Å². The zero-order valence-corrected chi connectivity index (χ0v) is 16.7. The summed E-state index contributed by atoms with van der Waals surface area (Å²) in [6.07, 6.45) is 1.42. The molecule has 0 fully saturated rings. The van der Waals surface area contributed by atoms with E-state index in [0.717, 1.165) is 30.2 Å². The molecule has 0 aliphatic carbocycles. The Labute approximate surface area is 170 Å². The zero-order chi connectivity index (χ0) is 20.8. The van der Waals surface area contributed by atoms with Crippen LogP contribution in [0.1, 0.15) is 35.7 Å². The smallest absolute Gasteiger partial charge is 0.218 e. The van der Waals surface area contributed by atoms with Crippen LogP contribution in [0.2, 0.25) is 0 Å². The Hall–Kier alpha value is -3.08. The third-order valence-electron chi connectivity index (χ3n) is 4.92. The van der Waals surface area contributed by atoms with Crippen LogP contribution in [-0.4, -0.2) is 24.4 Å². The molecule has 0 N–H and O–H groups in total. The molecule has 0 spiro atoms. The van der Waals surface area contributed by atoms with Crippen LogP contribution in [0.25, 0.3) is 11.1 Å². The SMILES string of the molecule is CCCN(C)c1ccc(-c2ccc(C(=O)CCc3ccc(F)nc3F)cc2)cc1. The van der Waals surface area contributed by atoms with Gasteiger partial charge in [-0.2, -0.15) is 13.8 Å². The zero-order valence-electron chi connectivity index (χ0n) is 16.7. The lowest BCUT2D eigenvalue weighted by atomic mass is 9.99. The molecule has 0 saturated carbocycles. The summed E-state index contributed by atoms with van der Waals surface area (Å²) < 4.78 is 26.5. The van der Waals surface area contributed by atoms with Crippen LogP contribution in [0, 0.1) is 11.9 Å². The summed E-state index contributed by atoms with van der Waals surface area (Å²) in [5, 5.41) is 0. The lowest BCUT2D eigenvalue weighted by molar-refractivity contribution is 0.0982. The molecule has 0 aliphatic rings. The maximum absolute atomic E-state index is 13.6. The van der Waals surface area contributed by atoms with E-state index >= 15 is 0 Å². The number of nitrogens with zero attached hydrogens (tertiary/aromatic N) is 2. The number of ketones is 1.